The molecule has 59 heavy (non-hydrogen) atoms. The first-order valence-corrected chi connectivity index (χ1v) is 31.4. The second kappa shape index (κ2) is 20.5. The predicted molar refractivity (Wildman–Crippen MR) is 257 cm³/mol. The number of ether oxygens (including phenoxy) is 2. The van der Waals surface area contributed by atoms with Crippen LogP contribution in [-0.4, -0.2) is 37.1 Å². The average Bonchev–Trinajstić information content (AvgIpc) is 3.98. The molecule has 0 saturated heterocycles. The number of aromatic nitrogens is 1. The van der Waals surface area contributed by atoms with Gasteiger partial charge in [0, 0.05) is 50.1 Å². The zero-order chi connectivity index (χ0) is 42.4. The molecular weight excluding hydrogens is 861 g/mol. The molecular formula is C52H69Cl2NO2SiZr. The number of para-hydroxylation sites is 1. The number of benzene rings is 3. The number of aryl methyl sites for hydroxylation is 4. The van der Waals surface area contributed by atoms with Crippen LogP contribution in [0.4, 0.5) is 0 Å². The summed E-state index contributed by atoms with van der Waals surface area (Å²) >= 11 is -0.826. The van der Waals surface area contributed by atoms with Crippen LogP contribution >= 0.6 is 17.0 Å². The van der Waals surface area contributed by atoms with Crippen molar-refractivity contribution in [2.45, 2.75) is 149 Å². The third kappa shape index (κ3) is 11.3. The molecule has 0 aliphatic heterocycles. The fourth-order valence-corrected chi connectivity index (χ4v) is 14.4. The van der Waals surface area contributed by atoms with Gasteiger partial charge in [0.25, 0.3) is 0 Å². The van der Waals surface area contributed by atoms with Gasteiger partial charge in [-0.2, -0.15) is 28.9 Å². The monoisotopic (exact) mass is 927 g/mol. The third-order valence-corrected chi connectivity index (χ3v) is 17.4. The van der Waals surface area contributed by atoms with Gasteiger partial charge in [0.15, 0.2) is 0 Å². The Bertz CT molecular complexity index is 2300. The van der Waals surface area contributed by atoms with Crippen LogP contribution in [0.25, 0.3) is 43.7 Å². The average molecular weight is 930 g/mol. The SMILES string of the molecule is Cc1cc2c(-c3ccc4c(c3)c3ccccc3n4C)c3c(cc2[c-]1[Si](C)(CCCCCCOC(C)(C)C)[c-]1ccc(CCCCCCOC(C)(C)C)c1)CCC3.[Cl][Zr+2][Cl]. The minimum absolute atomic E-state index is 0.0400. The molecule has 1 aromatic heterocycles. The molecule has 316 valence electrons. The van der Waals surface area contributed by atoms with E-state index < -0.39 is 28.9 Å². The van der Waals surface area contributed by atoms with Gasteiger partial charge in [-0.15, -0.1) is 27.6 Å². The van der Waals surface area contributed by atoms with E-state index in [2.05, 4.69) is 139 Å². The third-order valence-electron chi connectivity index (χ3n) is 12.7. The molecule has 0 radical (unpaired) electrons. The summed E-state index contributed by atoms with van der Waals surface area (Å²) in [7, 11) is 9.97. The molecule has 1 heterocycles. The predicted octanol–water partition coefficient (Wildman–Crippen LogP) is 14.2. The molecule has 5 aromatic carbocycles. The molecule has 0 fully saturated rings. The molecule has 7 heteroatoms. The van der Waals surface area contributed by atoms with Gasteiger partial charge in [-0.25, -0.2) is 6.07 Å². The zero-order valence-corrected chi connectivity index (χ0v) is 42.5. The fourth-order valence-electron chi connectivity index (χ4n) is 9.89. The van der Waals surface area contributed by atoms with Gasteiger partial charge in [-0.05, 0) is 97.4 Å². The number of hydrogen-bond donors (Lipinski definition) is 0. The van der Waals surface area contributed by atoms with E-state index in [-0.39, 0.29) is 11.2 Å². The normalized spacial score (nSPS) is 14.2. The first kappa shape index (κ1) is 46.5. The summed E-state index contributed by atoms with van der Waals surface area (Å²) in [6, 6.07) is 30.4. The summed E-state index contributed by atoms with van der Waals surface area (Å²) in [4.78, 5) is 0. The van der Waals surface area contributed by atoms with Crippen LogP contribution in [0.1, 0.15) is 122 Å². The summed E-state index contributed by atoms with van der Waals surface area (Å²) < 4.78 is 14.4. The number of fused-ring (bicyclic) bond motifs is 5. The number of halogens is 2. The summed E-state index contributed by atoms with van der Waals surface area (Å²) in [6.45, 7) is 19.8. The number of nitrogens with zero attached hydrogens (tertiary/aromatic N) is 1. The van der Waals surface area contributed by atoms with Gasteiger partial charge >= 0.3 is 37.9 Å². The van der Waals surface area contributed by atoms with Gasteiger partial charge in [-0.1, -0.05) is 105 Å². The maximum absolute atomic E-state index is 6.08. The van der Waals surface area contributed by atoms with Crippen molar-refractivity contribution in [1.82, 2.24) is 4.57 Å². The Hall–Kier alpha value is -1.98. The standard InChI is InChI=1S/C52H69NO2Si.2ClH.Zr/c1-37-33-45-46(35-39-22-20-24-42(39)49(45)40-27-29-48-44(36-40)43-23-15-16-25-47(43)53(48)8)50(37)56(9,32-19-13-12-18-31-55-52(5,6)7)41-28-26-38(34-41)21-14-10-11-17-30-54-51(2,3)4;;;/h15-16,23,25-29,33-36H,10-14,17-22,24,30-32H2,1-9H3;2*1H;/q-2;;;+4/p-2. The molecule has 6 aromatic rings. The topological polar surface area (TPSA) is 23.4 Å². The van der Waals surface area contributed by atoms with Crippen molar-refractivity contribution in [2.75, 3.05) is 13.2 Å². The Morgan fingerprint density at radius 2 is 1.39 bits per heavy atom. The Morgan fingerprint density at radius 1 is 0.746 bits per heavy atom. The van der Waals surface area contributed by atoms with E-state index in [1.165, 1.54) is 120 Å². The maximum atomic E-state index is 6.08. The van der Waals surface area contributed by atoms with Crippen molar-refractivity contribution in [1.29, 1.82) is 0 Å². The summed E-state index contributed by atoms with van der Waals surface area (Å²) in [5.74, 6) is 0. The quantitative estimate of drug-likeness (QED) is 0.0517. The van der Waals surface area contributed by atoms with E-state index in [1.807, 2.05) is 0 Å². The van der Waals surface area contributed by atoms with Crippen LogP contribution in [0.5, 0.6) is 0 Å². The van der Waals surface area contributed by atoms with Crippen LogP contribution in [-0.2, 0) is 56.6 Å². The zero-order valence-electron chi connectivity index (χ0n) is 37.6. The molecule has 1 unspecified atom stereocenters. The van der Waals surface area contributed by atoms with E-state index in [4.69, 9.17) is 26.5 Å². The Balaban J connectivity index is 0.00000189. The van der Waals surface area contributed by atoms with Crippen LogP contribution < -0.4 is 10.4 Å². The molecule has 0 bridgehead atoms. The van der Waals surface area contributed by atoms with E-state index in [0.717, 1.165) is 26.1 Å². The molecule has 7 rings (SSSR count). The molecule has 1 atom stereocenters. The van der Waals surface area contributed by atoms with Crippen molar-refractivity contribution < 1.29 is 30.3 Å². The van der Waals surface area contributed by atoms with Crippen molar-refractivity contribution in [3.05, 3.63) is 95.1 Å². The van der Waals surface area contributed by atoms with Gasteiger partial charge in [0.05, 0.1) is 11.2 Å². The molecule has 0 spiro atoms. The van der Waals surface area contributed by atoms with Crippen LogP contribution in [0.3, 0.4) is 0 Å². The van der Waals surface area contributed by atoms with Gasteiger partial charge < -0.3 is 14.0 Å². The van der Waals surface area contributed by atoms with Crippen LogP contribution in [0, 0.1) is 6.92 Å². The number of rotatable bonds is 17. The van der Waals surface area contributed by atoms with Crippen molar-refractivity contribution in [2.24, 2.45) is 7.05 Å². The molecule has 0 amide bonds. The molecule has 1 aliphatic rings. The van der Waals surface area contributed by atoms with Crippen molar-refractivity contribution in [3.63, 3.8) is 0 Å². The molecule has 1 aliphatic carbocycles. The van der Waals surface area contributed by atoms with Crippen LogP contribution in [0.2, 0.25) is 12.6 Å². The Kier molecular flexibility index (Phi) is 16.1. The summed E-state index contributed by atoms with van der Waals surface area (Å²) in [5, 5.41) is 9.07. The second-order valence-electron chi connectivity index (χ2n) is 19.4. The first-order chi connectivity index (χ1) is 28.1. The Labute approximate surface area is 375 Å². The van der Waals surface area contributed by atoms with E-state index in [1.54, 1.807) is 26.9 Å². The van der Waals surface area contributed by atoms with Crippen LogP contribution in [0.15, 0.2) is 72.8 Å². The molecule has 3 nitrogen and oxygen atoms in total. The summed E-state index contributed by atoms with van der Waals surface area (Å²) in [6.07, 6.45) is 14.6. The number of hydrogen-bond acceptors (Lipinski definition) is 2. The van der Waals surface area contributed by atoms with E-state index >= 15 is 0 Å². The molecule has 0 N–H and O–H groups in total. The number of unbranched alkanes of at least 4 members (excludes halogenated alkanes) is 6. The fraction of sp³-hybridized carbons (Fsp3) is 0.500. The second-order valence-corrected chi connectivity index (χ2v) is 27.3. The summed E-state index contributed by atoms with van der Waals surface area (Å²) in [5.41, 5.74) is 11.6. The van der Waals surface area contributed by atoms with Crippen molar-refractivity contribution >= 4 is 68.1 Å². The van der Waals surface area contributed by atoms with E-state index in [9.17, 15) is 0 Å². The van der Waals surface area contributed by atoms with Gasteiger partial charge in [0.2, 0.25) is 0 Å². The van der Waals surface area contributed by atoms with E-state index in [0.29, 0.717) is 0 Å². The minimum atomic E-state index is -2.10. The van der Waals surface area contributed by atoms with Gasteiger partial charge in [0.1, 0.15) is 0 Å². The molecule has 0 saturated carbocycles. The Morgan fingerprint density at radius 3 is 2.08 bits per heavy atom. The van der Waals surface area contributed by atoms with Gasteiger partial charge in [-0.3, -0.25) is 0 Å². The first-order valence-electron chi connectivity index (χ1n) is 22.4. The van der Waals surface area contributed by atoms with Crippen molar-refractivity contribution in [3.8, 4) is 11.1 Å².